The fraction of sp³-hybridized carbons (Fsp3) is 0.286. The van der Waals surface area contributed by atoms with Gasteiger partial charge in [-0.05, 0) is 37.1 Å². The maximum Gasteiger partial charge on any atom is 0.658 e. The molecule has 0 unspecified atom stereocenters. The van der Waals surface area contributed by atoms with Crippen LogP contribution in [-0.4, -0.2) is 17.7 Å². The van der Waals surface area contributed by atoms with Crippen LogP contribution in [0.15, 0.2) is 36.7 Å². The van der Waals surface area contributed by atoms with Crippen molar-refractivity contribution in [2.24, 2.45) is 0 Å². The van der Waals surface area contributed by atoms with Crippen LogP contribution in [-0.2, 0) is 12.8 Å². The van der Waals surface area contributed by atoms with Gasteiger partial charge in [-0.25, -0.2) is 0 Å². The highest BCUT2D eigenvalue weighted by molar-refractivity contribution is 6.20. The number of nitrogens with zero attached hydrogens (tertiary/aromatic N) is 2. The molecule has 0 aliphatic carbocycles. The number of pyridine rings is 2. The van der Waals surface area contributed by atoms with E-state index in [-0.39, 0.29) is 0 Å². The highest BCUT2D eigenvalue weighted by Gasteiger charge is 2.03. The quantitative estimate of drug-likeness (QED) is 0.744. The molecular weight excluding hydrogens is 239 g/mol. The lowest BCUT2D eigenvalue weighted by atomic mass is 10.2. The van der Waals surface area contributed by atoms with Crippen molar-refractivity contribution >= 4 is 7.69 Å². The largest absolute Gasteiger partial charge is 0.658 e. The lowest BCUT2D eigenvalue weighted by Gasteiger charge is -2.07. The van der Waals surface area contributed by atoms with Gasteiger partial charge in [0.25, 0.3) is 0 Å². The van der Waals surface area contributed by atoms with Crippen LogP contribution in [0.4, 0.5) is 0 Å². The molecule has 2 heterocycles. The Morgan fingerprint density at radius 1 is 0.895 bits per heavy atom. The van der Waals surface area contributed by atoms with Gasteiger partial charge in [-0.1, -0.05) is 13.8 Å². The molecule has 2 rings (SSSR count). The topological polar surface area (TPSA) is 44.2 Å². The predicted molar refractivity (Wildman–Crippen MR) is 74.2 cm³/mol. The number of hydrogen-bond donors (Lipinski definition) is 0. The van der Waals surface area contributed by atoms with E-state index in [0.717, 1.165) is 35.7 Å². The molecule has 0 bridgehead atoms. The standard InChI is InChI=1S/C14H16BN2O2/c1-3-11-9-13(5-7-16-11)18-15-19-14-6-8-17-12(4-2)10-14/h5-10H,3-4H2,1-2H3. The van der Waals surface area contributed by atoms with Gasteiger partial charge in [-0.2, -0.15) is 0 Å². The average molecular weight is 255 g/mol. The zero-order valence-corrected chi connectivity index (χ0v) is 11.2. The smallest absolute Gasteiger partial charge is 0.526 e. The summed E-state index contributed by atoms with van der Waals surface area (Å²) < 4.78 is 10.8. The molecule has 4 nitrogen and oxygen atoms in total. The molecule has 0 saturated heterocycles. The monoisotopic (exact) mass is 255 g/mol. The van der Waals surface area contributed by atoms with Gasteiger partial charge in [0.1, 0.15) is 11.5 Å². The summed E-state index contributed by atoms with van der Waals surface area (Å²) in [6, 6.07) is 7.37. The summed E-state index contributed by atoms with van der Waals surface area (Å²) in [5.41, 5.74) is 1.98. The van der Waals surface area contributed by atoms with E-state index in [1.54, 1.807) is 24.5 Å². The Balaban J connectivity index is 1.88. The van der Waals surface area contributed by atoms with Gasteiger partial charge in [0.15, 0.2) is 0 Å². The van der Waals surface area contributed by atoms with Crippen molar-refractivity contribution in [3.63, 3.8) is 0 Å². The molecule has 2 aromatic rings. The molecule has 19 heavy (non-hydrogen) atoms. The fourth-order valence-corrected chi connectivity index (χ4v) is 1.58. The van der Waals surface area contributed by atoms with Gasteiger partial charge < -0.3 is 9.31 Å². The highest BCUT2D eigenvalue weighted by atomic mass is 16.6. The first-order valence-electron chi connectivity index (χ1n) is 6.36. The van der Waals surface area contributed by atoms with Crippen LogP contribution < -0.4 is 9.31 Å². The van der Waals surface area contributed by atoms with Crippen LogP contribution in [0.25, 0.3) is 0 Å². The molecule has 0 aromatic carbocycles. The molecule has 0 atom stereocenters. The van der Waals surface area contributed by atoms with Crippen LogP contribution in [0, 0.1) is 0 Å². The minimum Gasteiger partial charge on any atom is -0.526 e. The highest BCUT2D eigenvalue weighted by Crippen LogP contribution is 2.13. The summed E-state index contributed by atoms with van der Waals surface area (Å²) >= 11 is 0. The van der Waals surface area contributed by atoms with Crippen LogP contribution in [0.5, 0.6) is 11.5 Å². The Labute approximate surface area is 114 Å². The van der Waals surface area contributed by atoms with Gasteiger partial charge in [-0.3, -0.25) is 9.97 Å². The molecule has 97 valence electrons. The number of aryl methyl sites for hydroxylation is 2. The van der Waals surface area contributed by atoms with Crippen LogP contribution in [0.1, 0.15) is 25.2 Å². The van der Waals surface area contributed by atoms with E-state index >= 15 is 0 Å². The van der Waals surface area contributed by atoms with Gasteiger partial charge in [0, 0.05) is 23.8 Å². The molecule has 2 aromatic heterocycles. The summed E-state index contributed by atoms with van der Waals surface area (Å²) in [4.78, 5) is 8.41. The summed E-state index contributed by atoms with van der Waals surface area (Å²) in [7, 11) is 1.32. The molecule has 1 radical (unpaired) electrons. The van der Waals surface area contributed by atoms with Crippen molar-refractivity contribution in [2.45, 2.75) is 26.7 Å². The molecule has 0 aliphatic heterocycles. The Bertz CT molecular complexity index is 487. The van der Waals surface area contributed by atoms with Crippen molar-refractivity contribution in [3.8, 4) is 11.5 Å². The van der Waals surface area contributed by atoms with E-state index < -0.39 is 0 Å². The van der Waals surface area contributed by atoms with E-state index in [9.17, 15) is 0 Å². The van der Waals surface area contributed by atoms with Gasteiger partial charge >= 0.3 is 7.69 Å². The summed E-state index contributed by atoms with van der Waals surface area (Å²) in [6.07, 6.45) is 5.21. The first-order chi connectivity index (χ1) is 9.31. The zero-order chi connectivity index (χ0) is 13.5. The number of rotatable bonds is 6. The minimum absolute atomic E-state index is 0.719. The lowest BCUT2D eigenvalue weighted by molar-refractivity contribution is 0.457. The average Bonchev–Trinajstić information content (AvgIpc) is 2.48. The third-order valence-electron chi connectivity index (χ3n) is 2.67. The lowest BCUT2D eigenvalue weighted by Crippen LogP contribution is -2.11. The van der Waals surface area contributed by atoms with Crippen molar-refractivity contribution in [3.05, 3.63) is 48.0 Å². The van der Waals surface area contributed by atoms with E-state index in [0.29, 0.717) is 0 Å². The molecule has 0 fully saturated rings. The second kappa shape index (κ2) is 6.78. The van der Waals surface area contributed by atoms with E-state index in [1.807, 2.05) is 12.1 Å². The van der Waals surface area contributed by atoms with Crippen molar-refractivity contribution < 1.29 is 9.31 Å². The predicted octanol–water partition coefficient (Wildman–Crippen LogP) is 2.59. The summed E-state index contributed by atoms with van der Waals surface area (Å²) in [6.45, 7) is 4.10. The third kappa shape index (κ3) is 3.98. The van der Waals surface area contributed by atoms with E-state index in [1.165, 1.54) is 7.69 Å². The molecule has 0 aliphatic rings. The minimum atomic E-state index is 0.719. The molecule has 0 amide bonds. The maximum absolute atomic E-state index is 5.42. The first kappa shape index (κ1) is 13.4. The van der Waals surface area contributed by atoms with Crippen molar-refractivity contribution in [1.82, 2.24) is 9.97 Å². The van der Waals surface area contributed by atoms with E-state index in [2.05, 4.69) is 23.8 Å². The molecule has 0 spiro atoms. The third-order valence-corrected chi connectivity index (χ3v) is 2.67. The maximum atomic E-state index is 5.42. The van der Waals surface area contributed by atoms with Gasteiger partial charge in [-0.15, -0.1) is 0 Å². The zero-order valence-electron chi connectivity index (χ0n) is 11.2. The van der Waals surface area contributed by atoms with Crippen LogP contribution in [0.2, 0.25) is 0 Å². The first-order valence-corrected chi connectivity index (χ1v) is 6.36. The van der Waals surface area contributed by atoms with E-state index in [4.69, 9.17) is 9.31 Å². The Morgan fingerprint density at radius 2 is 1.37 bits per heavy atom. The molecule has 5 heteroatoms. The summed E-state index contributed by atoms with van der Waals surface area (Å²) in [5.74, 6) is 1.44. The summed E-state index contributed by atoms with van der Waals surface area (Å²) in [5, 5.41) is 0. The second-order valence-corrected chi connectivity index (χ2v) is 4.00. The molecular formula is C14H16BN2O2. The second-order valence-electron chi connectivity index (χ2n) is 4.00. The fourth-order valence-electron chi connectivity index (χ4n) is 1.58. The normalized spacial score (nSPS) is 10.0. The Hall–Kier alpha value is -2.04. The molecule has 0 saturated carbocycles. The Morgan fingerprint density at radius 3 is 1.79 bits per heavy atom. The van der Waals surface area contributed by atoms with Gasteiger partial charge in [0.2, 0.25) is 0 Å². The van der Waals surface area contributed by atoms with Crippen LogP contribution >= 0.6 is 0 Å². The molecule has 0 N–H and O–H groups in total. The number of aromatic nitrogens is 2. The number of hydrogen-bond acceptors (Lipinski definition) is 4. The van der Waals surface area contributed by atoms with Crippen LogP contribution in [0.3, 0.4) is 0 Å². The van der Waals surface area contributed by atoms with Crippen molar-refractivity contribution in [2.75, 3.05) is 0 Å². The van der Waals surface area contributed by atoms with Gasteiger partial charge in [0.05, 0.1) is 0 Å². The Kier molecular flexibility index (Phi) is 4.78. The van der Waals surface area contributed by atoms with Crippen molar-refractivity contribution in [1.29, 1.82) is 0 Å². The SMILES string of the molecule is CCc1cc(O[B]Oc2ccnc(CC)c2)ccn1.